The smallest absolute Gasteiger partial charge is 0.306 e. The summed E-state index contributed by atoms with van der Waals surface area (Å²) in [5.74, 6) is -0.687. The van der Waals surface area contributed by atoms with Gasteiger partial charge in [0.05, 0.1) is 13.5 Å². The molecule has 0 fully saturated rings. The number of nitrogens with two attached hydrogens (primary N) is 1. The summed E-state index contributed by atoms with van der Waals surface area (Å²) in [5.41, 5.74) is 7.48. The Morgan fingerprint density at radius 2 is 2.17 bits per heavy atom. The van der Waals surface area contributed by atoms with Crippen molar-refractivity contribution in [2.75, 3.05) is 7.11 Å². The van der Waals surface area contributed by atoms with Gasteiger partial charge in [0.15, 0.2) is 0 Å². The zero-order chi connectivity index (χ0) is 13.7. The molecule has 0 saturated carbocycles. The van der Waals surface area contributed by atoms with E-state index in [4.69, 9.17) is 5.73 Å². The van der Waals surface area contributed by atoms with E-state index in [2.05, 4.69) is 4.74 Å². The lowest BCUT2D eigenvalue weighted by atomic mass is 9.87. The van der Waals surface area contributed by atoms with Gasteiger partial charge in [0.2, 0.25) is 0 Å². The summed E-state index contributed by atoms with van der Waals surface area (Å²) in [6.07, 6.45) is 0.967. The van der Waals surface area contributed by atoms with Crippen LogP contribution >= 0.6 is 0 Å². The number of esters is 1. The molecule has 100 valence electrons. The molecule has 4 heteroatoms. The molecule has 1 aromatic rings. The van der Waals surface area contributed by atoms with Crippen LogP contribution in [0.25, 0.3) is 0 Å². The van der Waals surface area contributed by atoms with Crippen molar-refractivity contribution in [3.8, 4) is 0 Å². The van der Waals surface area contributed by atoms with E-state index in [-0.39, 0.29) is 30.2 Å². The minimum atomic E-state index is -0.300. The van der Waals surface area contributed by atoms with Crippen molar-refractivity contribution in [2.45, 2.75) is 38.6 Å². The van der Waals surface area contributed by atoms with E-state index >= 15 is 0 Å². The van der Waals surface area contributed by atoms with Crippen LogP contribution in [0.15, 0.2) is 18.2 Å². The number of methoxy groups -OCH3 is 1. The first-order valence-corrected chi connectivity index (χ1v) is 6.08. The number of hydrogen-bond acceptors (Lipinski definition) is 3. The molecule has 0 amide bonds. The molecule has 0 spiro atoms. The number of ether oxygens (including phenoxy) is 1. The largest absolute Gasteiger partial charge is 0.469 e. The Balaban J connectivity index is 3.01. The monoisotopic (exact) mass is 253 g/mol. The van der Waals surface area contributed by atoms with Gasteiger partial charge in [-0.25, -0.2) is 4.39 Å². The normalized spacial score (nSPS) is 14.1. The van der Waals surface area contributed by atoms with Crippen LogP contribution in [0.3, 0.4) is 0 Å². The lowest BCUT2D eigenvalue weighted by Crippen LogP contribution is -2.29. The van der Waals surface area contributed by atoms with Gasteiger partial charge >= 0.3 is 5.97 Å². The third-order valence-corrected chi connectivity index (χ3v) is 3.21. The van der Waals surface area contributed by atoms with Crippen molar-refractivity contribution in [1.29, 1.82) is 0 Å². The Hall–Kier alpha value is -1.42. The molecule has 0 aromatic heterocycles. The Bertz CT molecular complexity index is 420. The molecule has 0 aliphatic carbocycles. The van der Waals surface area contributed by atoms with Gasteiger partial charge in [-0.2, -0.15) is 0 Å². The average molecular weight is 253 g/mol. The number of halogens is 1. The van der Waals surface area contributed by atoms with Crippen LogP contribution in [0.4, 0.5) is 4.39 Å². The van der Waals surface area contributed by atoms with E-state index in [9.17, 15) is 9.18 Å². The first-order chi connectivity index (χ1) is 8.49. The molecule has 18 heavy (non-hydrogen) atoms. The van der Waals surface area contributed by atoms with Gasteiger partial charge in [-0.15, -0.1) is 0 Å². The van der Waals surface area contributed by atoms with E-state index in [0.29, 0.717) is 5.56 Å². The molecule has 3 nitrogen and oxygen atoms in total. The lowest BCUT2D eigenvalue weighted by Gasteiger charge is -2.22. The maximum Gasteiger partial charge on any atom is 0.306 e. The van der Waals surface area contributed by atoms with Crippen molar-refractivity contribution >= 4 is 5.97 Å². The number of rotatable bonds is 5. The van der Waals surface area contributed by atoms with Crippen molar-refractivity contribution in [3.05, 3.63) is 35.1 Å². The zero-order valence-corrected chi connectivity index (χ0v) is 11.1. The minimum Gasteiger partial charge on any atom is -0.469 e. The van der Waals surface area contributed by atoms with Crippen LogP contribution in [-0.2, 0) is 9.53 Å². The molecule has 1 aromatic carbocycles. The van der Waals surface area contributed by atoms with E-state index in [1.165, 1.54) is 13.2 Å². The van der Waals surface area contributed by atoms with Crippen LogP contribution in [0.1, 0.15) is 36.8 Å². The standard InChI is InChI=1S/C14H20FNO2/c1-4-13(16)11(8-14(17)18-3)10-5-6-12(15)9(2)7-10/h5-7,11,13H,4,8,16H2,1-3H3. The SMILES string of the molecule is CCC(N)C(CC(=O)OC)c1ccc(F)c(C)c1. The first-order valence-electron chi connectivity index (χ1n) is 6.08. The number of hydrogen-bond donors (Lipinski definition) is 1. The predicted molar refractivity (Wildman–Crippen MR) is 68.8 cm³/mol. The minimum absolute atomic E-state index is 0.137. The average Bonchev–Trinajstić information content (AvgIpc) is 2.38. The summed E-state index contributed by atoms with van der Waals surface area (Å²) >= 11 is 0. The van der Waals surface area contributed by atoms with Gasteiger partial charge in [0.25, 0.3) is 0 Å². The van der Waals surface area contributed by atoms with Gasteiger partial charge in [-0.05, 0) is 30.5 Å². The highest BCUT2D eigenvalue weighted by Gasteiger charge is 2.22. The van der Waals surface area contributed by atoms with Gasteiger partial charge in [-0.3, -0.25) is 4.79 Å². The van der Waals surface area contributed by atoms with Crippen LogP contribution in [0.2, 0.25) is 0 Å². The fourth-order valence-corrected chi connectivity index (χ4v) is 1.96. The van der Waals surface area contributed by atoms with E-state index < -0.39 is 0 Å². The summed E-state index contributed by atoms with van der Waals surface area (Å²) in [5, 5.41) is 0. The number of carbonyl (C=O) groups is 1. The van der Waals surface area contributed by atoms with E-state index in [1.54, 1.807) is 19.1 Å². The second kappa shape index (κ2) is 6.50. The van der Waals surface area contributed by atoms with Crippen molar-refractivity contribution < 1.29 is 13.9 Å². The highest BCUT2D eigenvalue weighted by molar-refractivity contribution is 5.70. The number of benzene rings is 1. The Morgan fingerprint density at radius 1 is 1.50 bits per heavy atom. The number of aryl methyl sites for hydroxylation is 1. The van der Waals surface area contributed by atoms with Gasteiger partial charge in [-0.1, -0.05) is 19.1 Å². The molecule has 0 heterocycles. The number of carbonyl (C=O) groups excluding carboxylic acids is 1. The van der Waals surface area contributed by atoms with Crippen molar-refractivity contribution in [2.24, 2.45) is 5.73 Å². The molecule has 0 aliphatic rings. The lowest BCUT2D eigenvalue weighted by molar-refractivity contribution is -0.141. The summed E-state index contributed by atoms with van der Waals surface area (Å²) in [6, 6.07) is 4.70. The maximum atomic E-state index is 13.3. The van der Waals surface area contributed by atoms with Crippen molar-refractivity contribution in [1.82, 2.24) is 0 Å². The predicted octanol–water partition coefficient (Wildman–Crippen LogP) is 2.52. The Labute approximate surface area is 107 Å². The molecule has 2 atom stereocenters. The molecular weight excluding hydrogens is 233 g/mol. The van der Waals surface area contributed by atoms with Crippen LogP contribution in [-0.4, -0.2) is 19.1 Å². The van der Waals surface area contributed by atoms with E-state index in [1.807, 2.05) is 6.92 Å². The van der Waals surface area contributed by atoms with Crippen molar-refractivity contribution in [3.63, 3.8) is 0 Å². The second-order valence-corrected chi connectivity index (χ2v) is 4.47. The second-order valence-electron chi connectivity index (χ2n) is 4.47. The molecule has 0 bridgehead atoms. The molecule has 2 unspecified atom stereocenters. The summed E-state index contributed by atoms with van der Waals surface area (Å²) in [6.45, 7) is 3.66. The topological polar surface area (TPSA) is 52.3 Å². The zero-order valence-electron chi connectivity index (χ0n) is 11.1. The molecule has 0 aliphatic heterocycles. The summed E-state index contributed by atoms with van der Waals surface area (Å²) in [7, 11) is 1.35. The van der Waals surface area contributed by atoms with Gasteiger partial charge < -0.3 is 10.5 Å². The maximum absolute atomic E-state index is 13.3. The Morgan fingerprint density at radius 3 is 2.67 bits per heavy atom. The molecular formula is C14H20FNO2. The van der Waals surface area contributed by atoms with Crippen LogP contribution < -0.4 is 5.73 Å². The fourth-order valence-electron chi connectivity index (χ4n) is 1.96. The molecule has 2 N–H and O–H groups in total. The molecule has 1 rings (SSSR count). The third kappa shape index (κ3) is 3.53. The molecule has 0 saturated heterocycles. The highest BCUT2D eigenvalue weighted by Crippen LogP contribution is 2.26. The van der Waals surface area contributed by atoms with Crippen LogP contribution in [0, 0.1) is 12.7 Å². The van der Waals surface area contributed by atoms with Crippen LogP contribution in [0.5, 0.6) is 0 Å². The Kier molecular flexibility index (Phi) is 5.28. The van der Waals surface area contributed by atoms with Gasteiger partial charge in [0.1, 0.15) is 5.82 Å². The first kappa shape index (κ1) is 14.6. The quantitative estimate of drug-likeness (QED) is 0.820. The summed E-state index contributed by atoms with van der Waals surface area (Å²) < 4.78 is 17.9. The molecule has 0 radical (unpaired) electrons. The summed E-state index contributed by atoms with van der Waals surface area (Å²) in [4.78, 5) is 11.4. The third-order valence-electron chi connectivity index (χ3n) is 3.21. The van der Waals surface area contributed by atoms with E-state index in [0.717, 1.165) is 12.0 Å². The fraction of sp³-hybridized carbons (Fsp3) is 0.500. The van der Waals surface area contributed by atoms with Gasteiger partial charge in [0, 0.05) is 12.0 Å². The highest BCUT2D eigenvalue weighted by atomic mass is 19.1.